The molecule has 0 bridgehead atoms. The van der Waals surface area contributed by atoms with Gasteiger partial charge in [0.2, 0.25) is 0 Å². The van der Waals surface area contributed by atoms with E-state index in [-0.39, 0.29) is 0 Å². The van der Waals surface area contributed by atoms with Crippen molar-refractivity contribution in [3.8, 4) is 5.69 Å². The summed E-state index contributed by atoms with van der Waals surface area (Å²) in [6, 6.07) is 14.3. The molecule has 0 fully saturated rings. The summed E-state index contributed by atoms with van der Waals surface area (Å²) in [5.41, 5.74) is 6.68. The number of rotatable bonds is 4. The average Bonchev–Trinajstić information content (AvgIpc) is 3.33. The Balaban J connectivity index is 1.44. The minimum Gasteiger partial charge on any atom is -0.316 e. The van der Waals surface area contributed by atoms with E-state index in [0.29, 0.717) is 0 Å². The number of aromatic nitrogens is 3. The van der Waals surface area contributed by atoms with E-state index in [2.05, 4.69) is 37.2 Å². The Morgan fingerprint density at radius 1 is 1.04 bits per heavy atom. The van der Waals surface area contributed by atoms with Crippen LogP contribution in [0.5, 0.6) is 0 Å². The molecule has 0 amide bonds. The fourth-order valence-corrected chi connectivity index (χ4v) is 4.89. The molecular formula is C21H19N5S. The van der Waals surface area contributed by atoms with Gasteiger partial charge in [0.25, 0.3) is 0 Å². The quantitative estimate of drug-likeness (QED) is 0.413. The van der Waals surface area contributed by atoms with Gasteiger partial charge < -0.3 is 4.57 Å². The molecule has 1 aliphatic carbocycles. The maximum Gasteiger partial charge on any atom is 0.158 e. The molecular weight excluding hydrogens is 354 g/mol. The van der Waals surface area contributed by atoms with E-state index >= 15 is 0 Å². The molecule has 134 valence electrons. The predicted octanol–water partition coefficient (Wildman–Crippen LogP) is 4.81. The van der Waals surface area contributed by atoms with E-state index < -0.39 is 0 Å². The van der Waals surface area contributed by atoms with E-state index in [1.165, 1.54) is 23.3 Å². The molecule has 0 radical (unpaired) electrons. The van der Waals surface area contributed by atoms with E-state index in [0.717, 1.165) is 40.3 Å². The van der Waals surface area contributed by atoms with Crippen LogP contribution in [0.4, 0.5) is 5.82 Å². The normalized spacial score (nSPS) is 13.9. The monoisotopic (exact) mass is 373 g/mol. The highest BCUT2D eigenvalue weighted by Crippen LogP contribution is 2.38. The smallest absolute Gasteiger partial charge is 0.158 e. The van der Waals surface area contributed by atoms with Gasteiger partial charge in [0.1, 0.15) is 11.2 Å². The van der Waals surface area contributed by atoms with Crippen LogP contribution in [0, 0.1) is 0 Å². The van der Waals surface area contributed by atoms with E-state index in [1.807, 2.05) is 42.7 Å². The number of anilines is 1. The summed E-state index contributed by atoms with van der Waals surface area (Å²) < 4.78 is 2.10. The zero-order valence-corrected chi connectivity index (χ0v) is 15.6. The number of hydrogen-bond donors (Lipinski definition) is 1. The lowest BCUT2D eigenvalue weighted by Crippen LogP contribution is -2.02. The number of nitrogens with zero attached hydrogens (tertiary/aromatic N) is 4. The maximum absolute atomic E-state index is 4.47. The van der Waals surface area contributed by atoms with Crippen LogP contribution in [-0.4, -0.2) is 20.7 Å². The van der Waals surface area contributed by atoms with Gasteiger partial charge in [0.15, 0.2) is 5.82 Å². The van der Waals surface area contributed by atoms with Crippen LogP contribution >= 0.6 is 11.3 Å². The van der Waals surface area contributed by atoms with Crippen LogP contribution in [0.25, 0.3) is 15.9 Å². The molecule has 1 aromatic carbocycles. The minimum absolute atomic E-state index is 0.800. The highest BCUT2D eigenvalue weighted by atomic mass is 32.1. The molecule has 5 nitrogen and oxygen atoms in total. The number of thiophene rings is 1. The van der Waals surface area contributed by atoms with Gasteiger partial charge in [-0.25, -0.2) is 9.97 Å². The molecule has 3 heterocycles. The topological polar surface area (TPSA) is 55.1 Å². The Labute approximate surface area is 161 Å². The molecule has 6 heteroatoms. The van der Waals surface area contributed by atoms with Crippen molar-refractivity contribution < 1.29 is 0 Å². The van der Waals surface area contributed by atoms with Crippen molar-refractivity contribution >= 4 is 33.6 Å². The lowest BCUT2D eigenvalue weighted by molar-refractivity contribution is 0.700. The van der Waals surface area contributed by atoms with Crippen LogP contribution in [0.2, 0.25) is 0 Å². The molecule has 0 spiro atoms. The third-order valence-electron chi connectivity index (χ3n) is 4.93. The lowest BCUT2D eigenvalue weighted by Gasteiger charge is -2.11. The van der Waals surface area contributed by atoms with Crippen LogP contribution in [-0.2, 0) is 12.8 Å². The number of hydrazone groups is 1. The Hall–Kier alpha value is -2.99. The summed E-state index contributed by atoms with van der Waals surface area (Å²) in [4.78, 5) is 11.4. The molecule has 1 aliphatic rings. The number of nitrogens with one attached hydrogen (secondary N) is 1. The minimum atomic E-state index is 0.800. The van der Waals surface area contributed by atoms with Gasteiger partial charge in [-0.3, -0.25) is 5.43 Å². The fourth-order valence-electron chi connectivity index (χ4n) is 3.66. The second kappa shape index (κ2) is 6.96. The first-order chi connectivity index (χ1) is 13.4. The predicted molar refractivity (Wildman–Crippen MR) is 111 cm³/mol. The Morgan fingerprint density at radius 2 is 1.93 bits per heavy atom. The first kappa shape index (κ1) is 16.2. The summed E-state index contributed by atoms with van der Waals surface area (Å²) in [5.74, 6) is 0.800. The van der Waals surface area contributed by atoms with Crippen molar-refractivity contribution in [2.24, 2.45) is 5.10 Å². The van der Waals surface area contributed by atoms with Gasteiger partial charge in [-0.05, 0) is 55.5 Å². The van der Waals surface area contributed by atoms with Gasteiger partial charge in [0, 0.05) is 16.8 Å². The molecule has 0 aliphatic heterocycles. The molecule has 1 N–H and O–H groups in total. The Morgan fingerprint density at radius 3 is 2.85 bits per heavy atom. The van der Waals surface area contributed by atoms with Gasteiger partial charge in [0.05, 0.1) is 17.3 Å². The second-order valence-corrected chi connectivity index (χ2v) is 7.71. The van der Waals surface area contributed by atoms with Crippen molar-refractivity contribution in [1.29, 1.82) is 0 Å². The van der Waals surface area contributed by atoms with Gasteiger partial charge in [-0.15, -0.1) is 11.3 Å². The first-order valence-electron chi connectivity index (χ1n) is 9.17. The number of aryl methyl sites for hydroxylation is 2. The third-order valence-corrected chi connectivity index (χ3v) is 6.13. The second-order valence-electron chi connectivity index (χ2n) is 6.62. The average molecular weight is 373 g/mol. The summed E-state index contributed by atoms with van der Waals surface area (Å²) in [6.45, 7) is 0. The Bertz CT molecular complexity index is 1110. The van der Waals surface area contributed by atoms with E-state index in [1.54, 1.807) is 17.7 Å². The zero-order chi connectivity index (χ0) is 18.1. The SMILES string of the molecule is C(=NNc1ncnc2sc3c(c12)CCCC3)c1cccn1-c1ccccc1. The fraction of sp³-hybridized carbons (Fsp3) is 0.190. The highest BCUT2D eigenvalue weighted by Gasteiger charge is 2.19. The number of benzene rings is 1. The largest absolute Gasteiger partial charge is 0.316 e. The Kier molecular flexibility index (Phi) is 4.18. The van der Waals surface area contributed by atoms with Crippen molar-refractivity contribution in [3.63, 3.8) is 0 Å². The molecule has 5 rings (SSSR count). The van der Waals surface area contributed by atoms with E-state index in [9.17, 15) is 0 Å². The molecule has 0 atom stereocenters. The number of para-hydroxylation sites is 1. The third kappa shape index (κ3) is 3.02. The zero-order valence-electron chi connectivity index (χ0n) is 14.8. The van der Waals surface area contributed by atoms with Crippen molar-refractivity contribution in [2.45, 2.75) is 25.7 Å². The molecule has 4 aromatic rings. The van der Waals surface area contributed by atoms with Crippen LogP contribution in [0.15, 0.2) is 60.1 Å². The number of hydrogen-bond acceptors (Lipinski definition) is 5. The molecule has 3 aromatic heterocycles. The summed E-state index contributed by atoms with van der Waals surface area (Å²) in [5, 5.41) is 5.61. The first-order valence-corrected chi connectivity index (χ1v) is 9.99. The van der Waals surface area contributed by atoms with Gasteiger partial charge >= 0.3 is 0 Å². The van der Waals surface area contributed by atoms with Crippen molar-refractivity contribution in [3.05, 3.63) is 71.1 Å². The van der Waals surface area contributed by atoms with Crippen molar-refractivity contribution in [1.82, 2.24) is 14.5 Å². The van der Waals surface area contributed by atoms with Crippen molar-refractivity contribution in [2.75, 3.05) is 5.43 Å². The summed E-state index contributed by atoms with van der Waals surface area (Å²) >= 11 is 1.80. The molecule has 0 saturated carbocycles. The van der Waals surface area contributed by atoms with Gasteiger partial charge in [-0.2, -0.15) is 5.10 Å². The van der Waals surface area contributed by atoms with Crippen LogP contribution < -0.4 is 5.43 Å². The molecule has 0 saturated heterocycles. The standard InChI is InChI=1S/C21H19N5S/c1-2-7-15(8-3-1)26-12-6-9-16(26)13-24-25-20-19-17-10-4-5-11-18(17)27-21(19)23-14-22-20/h1-3,6-9,12-14H,4-5,10-11H2,(H,22,23,25). The van der Waals surface area contributed by atoms with E-state index in [4.69, 9.17) is 0 Å². The maximum atomic E-state index is 4.47. The highest BCUT2D eigenvalue weighted by molar-refractivity contribution is 7.19. The van der Waals surface area contributed by atoms with Gasteiger partial charge in [-0.1, -0.05) is 18.2 Å². The summed E-state index contributed by atoms with van der Waals surface area (Å²) in [6.07, 6.45) is 10.3. The molecule has 0 unspecified atom stereocenters. The lowest BCUT2D eigenvalue weighted by atomic mass is 9.97. The molecule has 27 heavy (non-hydrogen) atoms. The number of fused-ring (bicyclic) bond motifs is 3. The van der Waals surface area contributed by atoms with Crippen LogP contribution in [0.3, 0.4) is 0 Å². The van der Waals surface area contributed by atoms with Crippen LogP contribution in [0.1, 0.15) is 29.0 Å². The summed E-state index contributed by atoms with van der Waals surface area (Å²) in [7, 11) is 0.